The molecule has 3 rings (SSSR count). The minimum Gasteiger partial charge on any atom is -0.493 e. The summed E-state index contributed by atoms with van der Waals surface area (Å²) in [5, 5.41) is 6.54. The molecule has 0 spiro atoms. The van der Waals surface area contributed by atoms with Crippen LogP contribution in [0.15, 0.2) is 52.9 Å². The highest BCUT2D eigenvalue weighted by Gasteiger charge is 2.09. The van der Waals surface area contributed by atoms with Crippen molar-refractivity contribution in [3.63, 3.8) is 0 Å². The highest BCUT2D eigenvalue weighted by molar-refractivity contribution is 7.14. The first-order valence-corrected chi connectivity index (χ1v) is 8.30. The molecule has 0 saturated heterocycles. The summed E-state index contributed by atoms with van der Waals surface area (Å²) in [5.74, 6) is 0.979. The van der Waals surface area contributed by atoms with Gasteiger partial charge in [-0.15, -0.1) is 11.3 Å². The number of ether oxygens (including phenoxy) is 2. The third kappa shape index (κ3) is 3.95. The van der Waals surface area contributed by atoms with Crippen LogP contribution < -0.4 is 14.9 Å². The smallest absolute Gasteiger partial charge is 0.203 e. The average Bonchev–Trinajstić information content (AvgIpc) is 3.11. The molecule has 0 saturated carbocycles. The fourth-order valence-corrected chi connectivity index (χ4v) is 2.86. The van der Waals surface area contributed by atoms with Crippen LogP contribution in [0.2, 0.25) is 0 Å². The number of hydrogen-bond donors (Lipinski definition) is 1. The molecule has 5 nitrogen and oxygen atoms in total. The van der Waals surface area contributed by atoms with Gasteiger partial charge in [0.15, 0.2) is 11.5 Å². The van der Waals surface area contributed by atoms with Crippen molar-refractivity contribution >= 4 is 22.7 Å². The molecular formula is C18H16FN3O2S. The molecule has 0 atom stereocenters. The van der Waals surface area contributed by atoms with Crippen molar-refractivity contribution < 1.29 is 13.9 Å². The SMILES string of the molecule is COc1ccc(-c2csc(N/N=C\c3ccccc3F)n2)cc1OC. The van der Waals surface area contributed by atoms with Crippen LogP contribution in [0, 0.1) is 5.82 Å². The zero-order valence-electron chi connectivity index (χ0n) is 13.7. The lowest BCUT2D eigenvalue weighted by atomic mass is 10.1. The van der Waals surface area contributed by atoms with Gasteiger partial charge in [-0.3, -0.25) is 5.43 Å². The number of hydrazone groups is 1. The van der Waals surface area contributed by atoms with Crippen molar-refractivity contribution in [2.24, 2.45) is 5.10 Å². The molecule has 0 bridgehead atoms. The van der Waals surface area contributed by atoms with E-state index in [0.29, 0.717) is 22.2 Å². The molecule has 0 aliphatic rings. The van der Waals surface area contributed by atoms with E-state index in [1.54, 1.807) is 32.4 Å². The molecule has 1 aromatic heterocycles. The Kier molecular flexibility index (Phi) is 5.25. The van der Waals surface area contributed by atoms with Gasteiger partial charge < -0.3 is 9.47 Å². The van der Waals surface area contributed by atoms with E-state index < -0.39 is 0 Å². The van der Waals surface area contributed by atoms with E-state index in [1.165, 1.54) is 23.6 Å². The monoisotopic (exact) mass is 357 g/mol. The Hall–Kier alpha value is -2.93. The van der Waals surface area contributed by atoms with Crippen LogP contribution in [0.1, 0.15) is 5.56 Å². The molecule has 1 heterocycles. The number of nitrogens with one attached hydrogen (secondary N) is 1. The fourth-order valence-electron chi connectivity index (χ4n) is 2.19. The molecule has 0 amide bonds. The molecule has 0 radical (unpaired) electrons. The van der Waals surface area contributed by atoms with Crippen molar-refractivity contribution in [1.82, 2.24) is 4.98 Å². The van der Waals surface area contributed by atoms with E-state index in [4.69, 9.17) is 9.47 Å². The number of benzene rings is 2. The van der Waals surface area contributed by atoms with Crippen LogP contribution in [-0.2, 0) is 0 Å². The Morgan fingerprint density at radius 1 is 1.12 bits per heavy atom. The predicted molar refractivity (Wildman–Crippen MR) is 98.3 cm³/mol. The highest BCUT2D eigenvalue weighted by Crippen LogP contribution is 2.33. The quantitative estimate of drug-likeness (QED) is 0.524. The molecular weight excluding hydrogens is 341 g/mol. The lowest BCUT2D eigenvalue weighted by Gasteiger charge is -2.08. The van der Waals surface area contributed by atoms with Crippen molar-refractivity contribution in [3.05, 3.63) is 59.2 Å². The molecule has 1 N–H and O–H groups in total. The maximum Gasteiger partial charge on any atom is 0.203 e. The van der Waals surface area contributed by atoms with Gasteiger partial charge in [0.2, 0.25) is 5.13 Å². The summed E-state index contributed by atoms with van der Waals surface area (Å²) in [5.41, 5.74) is 4.91. The van der Waals surface area contributed by atoms with Crippen LogP contribution in [0.4, 0.5) is 9.52 Å². The minimum absolute atomic E-state index is 0.321. The highest BCUT2D eigenvalue weighted by atomic mass is 32.1. The topological polar surface area (TPSA) is 55.7 Å². The second kappa shape index (κ2) is 7.76. The standard InChI is InChI=1S/C18H16FN3O2S/c1-23-16-8-7-12(9-17(16)24-2)15-11-25-18(21-15)22-20-10-13-5-3-4-6-14(13)19/h3-11H,1-2H3,(H,21,22)/b20-10-. The number of nitrogens with zero attached hydrogens (tertiary/aromatic N) is 2. The van der Waals surface area contributed by atoms with E-state index in [2.05, 4.69) is 15.5 Å². The van der Waals surface area contributed by atoms with Crippen LogP contribution >= 0.6 is 11.3 Å². The molecule has 0 aliphatic carbocycles. The summed E-state index contributed by atoms with van der Waals surface area (Å²) >= 11 is 1.41. The largest absolute Gasteiger partial charge is 0.493 e. The first-order valence-electron chi connectivity index (χ1n) is 7.43. The normalized spacial score (nSPS) is 10.8. The fraction of sp³-hybridized carbons (Fsp3) is 0.111. The lowest BCUT2D eigenvalue weighted by molar-refractivity contribution is 0.355. The number of methoxy groups -OCH3 is 2. The molecule has 3 aromatic rings. The van der Waals surface area contributed by atoms with Crippen molar-refractivity contribution in [1.29, 1.82) is 0 Å². The molecule has 7 heteroatoms. The maximum atomic E-state index is 13.5. The van der Waals surface area contributed by atoms with Crippen LogP contribution in [0.25, 0.3) is 11.3 Å². The van der Waals surface area contributed by atoms with E-state index in [1.807, 2.05) is 23.6 Å². The van der Waals surface area contributed by atoms with Gasteiger partial charge in [-0.1, -0.05) is 18.2 Å². The Labute approximate surface area is 148 Å². The van der Waals surface area contributed by atoms with Gasteiger partial charge in [-0.25, -0.2) is 9.37 Å². The van der Waals surface area contributed by atoms with Crippen molar-refractivity contribution in [2.45, 2.75) is 0 Å². The summed E-state index contributed by atoms with van der Waals surface area (Å²) in [7, 11) is 3.18. The first kappa shape index (κ1) is 16.9. The van der Waals surface area contributed by atoms with E-state index in [9.17, 15) is 4.39 Å². The second-order valence-electron chi connectivity index (χ2n) is 5.00. The average molecular weight is 357 g/mol. The van der Waals surface area contributed by atoms with Gasteiger partial charge in [0.25, 0.3) is 0 Å². The number of halogens is 1. The first-order chi connectivity index (χ1) is 12.2. The Balaban J connectivity index is 1.73. The predicted octanol–water partition coefficient (Wildman–Crippen LogP) is 4.41. The van der Waals surface area contributed by atoms with Gasteiger partial charge in [0.05, 0.1) is 26.1 Å². The number of aromatic nitrogens is 1. The molecule has 128 valence electrons. The van der Waals surface area contributed by atoms with Crippen molar-refractivity contribution in [2.75, 3.05) is 19.6 Å². The zero-order valence-corrected chi connectivity index (χ0v) is 14.5. The van der Waals surface area contributed by atoms with Gasteiger partial charge in [-0.05, 0) is 24.3 Å². The number of rotatable bonds is 6. The summed E-state index contributed by atoms with van der Waals surface area (Å²) in [6, 6.07) is 12.0. The van der Waals surface area contributed by atoms with Crippen LogP contribution in [0.3, 0.4) is 0 Å². The lowest BCUT2D eigenvalue weighted by Crippen LogP contribution is -1.93. The third-order valence-corrected chi connectivity index (χ3v) is 4.20. The summed E-state index contributed by atoms with van der Waals surface area (Å²) in [4.78, 5) is 4.47. The third-order valence-electron chi connectivity index (χ3n) is 3.45. The zero-order chi connectivity index (χ0) is 17.6. The Morgan fingerprint density at radius 3 is 2.68 bits per heavy atom. The molecule has 0 fully saturated rings. The molecule has 0 aliphatic heterocycles. The number of hydrogen-bond acceptors (Lipinski definition) is 6. The van der Waals surface area contributed by atoms with E-state index in [-0.39, 0.29) is 5.82 Å². The summed E-state index contributed by atoms with van der Waals surface area (Å²) in [6.07, 6.45) is 1.42. The van der Waals surface area contributed by atoms with E-state index >= 15 is 0 Å². The van der Waals surface area contributed by atoms with Gasteiger partial charge in [0.1, 0.15) is 5.82 Å². The van der Waals surface area contributed by atoms with Gasteiger partial charge in [-0.2, -0.15) is 5.10 Å². The second-order valence-corrected chi connectivity index (χ2v) is 5.86. The number of thiazole rings is 1. The van der Waals surface area contributed by atoms with Gasteiger partial charge in [0, 0.05) is 16.5 Å². The van der Waals surface area contributed by atoms with Crippen LogP contribution in [-0.4, -0.2) is 25.4 Å². The number of anilines is 1. The summed E-state index contributed by atoms with van der Waals surface area (Å²) in [6.45, 7) is 0. The maximum absolute atomic E-state index is 13.5. The van der Waals surface area contributed by atoms with Crippen LogP contribution in [0.5, 0.6) is 11.5 Å². The minimum atomic E-state index is -0.321. The summed E-state index contributed by atoms with van der Waals surface area (Å²) < 4.78 is 24.1. The Bertz CT molecular complexity index is 896. The van der Waals surface area contributed by atoms with E-state index in [0.717, 1.165) is 11.3 Å². The van der Waals surface area contributed by atoms with Crippen molar-refractivity contribution in [3.8, 4) is 22.8 Å². The van der Waals surface area contributed by atoms with Gasteiger partial charge >= 0.3 is 0 Å². The molecule has 0 unspecified atom stereocenters. The Morgan fingerprint density at radius 2 is 1.92 bits per heavy atom. The molecule has 25 heavy (non-hydrogen) atoms. The molecule has 2 aromatic carbocycles.